The number of halogens is 2. The zero-order valence-electron chi connectivity index (χ0n) is 12.2. The summed E-state index contributed by atoms with van der Waals surface area (Å²) in [5.41, 5.74) is 0. The minimum Gasteiger partial charge on any atom is -0.271 e. The average molecular weight is 301 g/mol. The minimum atomic E-state index is -2.50. The summed E-state index contributed by atoms with van der Waals surface area (Å²) in [5.74, 6) is -2.69. The molecule has 0 saturated heterocycles. The fourth-order valence-electron chi connectivity index (χ4n) is 3.90. The van der Waals surface area contributed by atoms with E-state index >= 15 is 0 Å². The largest absolute Gasteiger partial charge is 0.271 e. The summed E-state index contributed by atoms with van der Waals surface area (Å²) in [6, 6.07) is 0. The fraction of sp³-hybridized carbons (Fsp3) is 0.867. The van der Waals surface area contributed by atoms with Gasteiger partial charge in [-0.2, -0.15) is 0 Å². The Labute approximate surface area is 122 Å². The topological polar surface area (TPSA) is 29.4 Å². The van der Waals surface area contributed by atoms with Gasteiger partial charge in [0.2, 0.25) is 0 Å². The van der Waals surface area contributed by atoms with Gasteiger partial charge in [-0.25, -0.2) is 13.8 Å². The molecular weight excluding hydrogens is 280 g/mol. The van der Waals surface area contributed by atoms with Crippen LogP contribution in [0.4, 0.5) is 8.78 Å². The number of aliphatic imine (C=N–C) groups is 1. The first-order valence-corrected chi connectivity index (χ1v) is 8.23. The van der Waals surface area contributed by atoms with Crippen LogP contribution in [-0.4, -0.2) is 21.6 Å². The number of alkyl halides is 2. The molecule has 0 N–H and O–H groups in total. The lowest BCUT2D eigenvalue weighted by molar-refractivity contribution is -0.120. The second-order valence-corrected chi connectivity index (χ2v) is 8.57. The van der Waals surface area contributed by atoms with Crippen molar-refractivity contribution in [3.8, 4) is 0 Å². The van der Waals surface area contributed by atoms with Crippen LogP contribution in [0.1, 0.15) is 46.5 Å². The Bertz CT molecular complexity index is 476. The van der Waals surface area contributed by atoms with Gasteiger partial charge >= 0.3 is 0 Å². The van der Waals surface area contributed by atoms with E-state index in [1.54, 1.807) is 0 Å². The van der Waals surface area contributed by atoms with Gasteiger partial charge in [-0.3, -0.25) is 4.79 Å². The molecule has 1 heterocycles. The van der Waals surface area contributed by atoms with Gasteiger partial charge in [0.05, 0.1) is 5.04 Å². The number of thioether (sulfide) groups is 1. The summed E-state index contributed by atoms with van der Waals surface area (Å²) < 4.78 is 27.1. The Morgan fingerprint density at radius 2 is 2.10 bits per heavy atom. The molecular formula is C15H21F2NOS. The van der Waals surface area contributed by atoms with Crippen LogP contribution in [0, 0.1) is 23.7 Å². The van der Waals surface area contributed by atoms with Crippen molar-refractivity contribution >= 4 is 22.7 Å². The molecule has 3 aliphatic rings. The maximum Gasteiger partial charge on any atom is 0.263 e. The van der Waals surface area contributed by atoms with Crippen molar-refractivity contribution in [2.24, 2.45) is 28.7 Å². The van der Waals surface area contributed by atoms with Gasteiger partial charge in [-0.15, -0.1) is 0 Å². The molecule has 2 fully saturated rings. The molecule has 0 aromatic carbocycles. The highest BCUT2D eigenvalue weighted by Crippen LogP contribution is 2.58. The lowest BCUT2D eigenvalue weighted by Gasteiger charge is -2.29. The van der Waals surface area contributed by atoms with Gasteiger partial charge < -0.3 is 0 Å². The highest BCUT2D eigenvalue weighted by atomic mass is 32.2. The Morgan fingerprint density at radius 3 is 2.60 bits per heavy atom. The summed E-state index contributed by atoms with van der Waals surface area (Å²) in [4.78, 5) is 16.2. The maximum absolute atomic E-state index is 13.8. The molecule has 2 aliphatic carbocycles. The van der Waals surface area contributed by atoms with Gasteiger partial charge in [-0.05, 0) is 43.9 Å². The van der Waals surface area contributed by atoms with Gasteiger partial charge in [0, 0.05) is 12.3 Å². The van der Waals surface area contributed by atoms with Crippen molar-refractivity contribution in [1.82, 2.24) is 0 Å². The lowest BCUT2D eigenvalue weighted by Crippen LogP contribution is -2.33. The molecule has 0 spiro atoms. The van der Waals surface area contributed by atoms with Gasteiger partial charge in [0.1, 0.15) is 4.75 Å². The van der Waals surface area contributed by atoms with Crippen molar-refractivity contribution in [3.63, 3.8) is 0 Å². The van der Waals surface area contributed by atoms with E-state index in [1.165, 1.54) is 11.8 Å². The molecule has 112 valence electrons. The zero-order valence-corrected chi connectivity index (χ0v) is 13.0. The van der Waals surface area contributed by atoms with Crippen LogP contribution in [-0.2, 0) is 4.79 Å². The van der Waals surface area contributed by atoms with Crippen LogP contribution in [0.25, 0.3) is 0 Å². The molecule has 5 heteroatoms. The number of nitrogens with zero attached hydrogens (tertiary/aromatic N) is 1. The Balaban J connectivity index is 1.69. The number of fused-ring (bicyclic) bond motifs is 2. The number of carbonyl (C=O) groups excluding carboxylic acids is 1. The van der Waals surface area contributed by atoms with E-state index in [0.29, 0.717) is 12.8 Å². The van der Waals surface area contributed by atoms with Crippen molar-refractivity contribution < 1.29 is 13.6 Å². The molecule has 1 amide bonds. The predicted molar refractivity (Wildman–Crippen MR) is 77.2 cm³/mol. The molecule has 0 aromatic heterocycles. The zero-order chi connectivity index (χ0) is 14.7. The first-order chi connectivity index (χ1) is 9.22. The summed E-state index contributed by atoms with van der Waals surface area (Å²) in [5, 5.41) is 0.777. The molecule has 1 aliphatic heterocycles. The van der Waals surface area contributed by atoms with E-state index < -0.39 is 16.6 Å². The fourth-order valence-corrected chi connectivity index (χ4v) is 5.18. The monoisotopic (exact) mass is 301 g/mol. The standard InChI is InChI=1S/C15H21F2NOS/c1-8(2)14(3)13(19)18-12(20-14)6-10-4-9-5-11(10)15(16,17)7-9/h8-11H,4-7H2,1-3H3. The Morgan fingerprint density at radius 1 is 1.40 bits per heavy atom. The number of hydrogen-bond acceptors (Lipinski definition) is 2. The quantitative estimate of drug-likeness (QED) is 0.784. The van der Waals surface area contributed by atoms with E-state index in [1.807, 2.05) is 20.8 Å². The lowest BCUT2D eigenvalue weighted by atomic mass is 9.84. The van der Waals surface area contributed by atoms with Crippen molar-refractivity contribution in [3.05, 3.63) is 0 Å². The van der Waals surface area contributed by atoms with Gasteiger partial charge in [0.25, 0.3) is 11.8 Å². The molecule has 2 saturated carbocycles. The van der Waals surface area contributed by atoms with E-state index in [0.717, 1.165) is 11.5 Å². The first kappa shape index (κ1) is 14.5. The summed E-state index contributed by atoms with van der Waals surface area (Å²) in [6.07, 6.45) is 2.17. The average Bonchev–Trinajstić information content (AvgIpc) is 2.91. The minimum absolute atomic E-state index is 0.0114. The maximum atomic E-state index is 13.8. The SMILES string of the molecule is CC(C)C1(C)SC(CC2CC3CC2C(F)(F)C3)=NC1=O. The van der Waals surface area contributed by atoms with Crippen molar-refractivity contribution in [2.75, 3.05) is 0 Å². The highest BCUT2D eigenvalue weighted by Gasteiger charge is 2.57. The first-order valence-electron chi connectivity index (χ1n) is 7.41. The smallest absolute Gasteiger partial charge is 0.263 e. The number of rotatable bonds is 3. The second-order valence-electron chi connectivity index (χ2n) is 7.05. The molecule has 0 radical (unpaired) electrons. The van der Waals surface area contributed by atoms with Crippen LogP contribution in [0.2, 0.25) is 0 Å². The molecule has 2 bridgehead atoms. The van der Waals surface area contributed by atoms with Gasteiger partial charge in [0.15, 0.2) is 0 Å². The normalized spacial score (nSPS) is 42.6. The molecule has 3 rings (SSSR count). The number of hydrogen-bond donors (Lipinski definition) is 0. The highest BCUT2D eigenvalue weighted by molar-refractivity contribution is 8.16. The van der Waals surface area contributed by atoms with Crippen LogP contribution in [0.3, 0.4) is 0 Å². The Hall–Kier alpha value is -0.450. The molecule has 0 aromatic rings. The van der Waals surface area contributed by atoms with Crippen molar-refractivity contribution in [1.29, 1.82) is 0 Å². The summed E-state index contributed by atoms with van der Waals surface area (Å²) in [7, 11) is 0. The van der Waals surface area contributed by atoms with Gasteiger partial charge in [-0.1, -0.05) is 25.6 Å². The molecule has 20 heavy (non-hydrogen) atoms. The molecule has 4 atom stereocenters. The van der Waals surface area contributed by atoms with E-state index in [4.69, 9.17) is 0 Å². The van der Waals surface area contributed by atoms with Crippen LogP contribution < -0.4 is 0 Å². The summed E-state index contributed by atoms with van der Waals surface area (Å²) in [6.45, 7) is 5.93. The number of amides is 1. The van der Waals surface area contributed by atoms with Crippen molar-refractivity contribution in [2.45, 2.75) is 57.1 Å². The third-order valence-corrected chi connectivity index (χ3v) is 6.98. The summed E-state index contributed by atoms with van der Waals surface area (Å²) >= 11 is 1.50. The third-order valence-electron chi connectivity index (χ3n) is 5.41. The Kier molecular flexibility index (Phi) is 3.27. The number of carbonyl (C=O) groups is 1. The van der Waals surface area contributed by atoms with Crippen LogP contribution >= 0.6 is 11.8 Å². The van der Waals surface area contributed by atoms with E-state index in [-0.39, 0.29) is 30.1 Å². The second kappa shape index (κ2) is 4.52. The van der Waals surface area contributed by atoms with Crippen LogP contribution in [0.15, 0.2) is 4.99 Å². The van der Waals surface area contributed by atoms with Crippen LogP contribution in [0.5, 0.6) is 0 Å². The van der Waals surface area contributed by atoms with E-state index in [2.05, 4.69) is 4.99 Å². The van der Waals surface area contributed by atoms with E-state index in [9.17, 15) is 13.6 Å². The predicted octanol–water partition coefficient (Wildman–Crippen LogP) is 4.14. The third kappa shape index (κ3) is 2.13. The molecule has 4 unspecified atom stereocenters. The molecule has 2 nitrogen and oxygen atoms in total.